The van der Waals surface area contributed by atoms with Crippen molar-refractivity contribution in [1.29, 1.82) is 0 Å². The monoisotopic (exact) mass is 531 g/mol. The molecule has 1 atom stereocenters. The van der Waals surface area contributed by atoms with E-state index < -0.39 is 17.7 Å². The molecule has 37 heavy (non-hydrogen) atoms. The second-order valence-electron chi connectivity index (χ2n) is 8.17. The summed E-state index contributed by atoms with van der Waals surface area (Å²) in [6, 6.07) is 23.9. The predicted octanol–water partition coefficient (Wildman–Crippen LogP) is 7.22. The topological polar surface area (TPSA) is 76.1 Å². The molecule has 8 heteroatoms. The minimum atomic E-state index is -0.826. The standard InChI is InChI=1S/C29H22ClNO5S/c1-2-35-21-14-15-23(30)22(17-21)27(32)25-26(24-9-6-16-37-24)31(29(34)28(25)33)18-10-12-20(13-11-18)36-19-7-4-3-5-8-19/h3-17,26,32H,2H2,1H3/b27-25-. The molecule has 5 rings (SSSR count). The lowest BCUT2D eigenvalue weighted by atomic mass is 9.99. The molecule has 1 aliphatic heterocycles. The number of nitrogens with zero attached hydrogens (tertiary/aromatic N) is 1. The molecule has 0 aliphatic carbocycles. The highest BCUT2D eigenvalue weighted by molar-refractivity contribution is 7.10. The van der Waals surface area contributed by atoms with Crippen molar-refractivity contribution in [2.45, 2.75) is 13.0 Å². The summed E-state index contributed by atoms with van der Waals surface area (Å²) in [7, 11) is 0. The zero-order valence-corrected chi connectivity index (χ0v) is 21.3. The Morgan fingerprint density at radius 2 is 1.65 bits per heavy atom. The number of anilines is 1. The Balaban J connectivity index is 1.57. The molecule has 1 N–H and O–H groups in total. The van der Waals surface area contributed by atoms with E-state index in [4.69, 9.17) is 21.1 Å². The fourth-order valence-electron chi connectivity index (χ4n) is 4.20. The maximum atomic E-state index is 13.3. The molecule has 1 saturated heterocycles. The summed E-state index contributed by atoms with van der Waals surface area (Å²) < 4.78 is 11.4. The van der Waals surface area contributed by atoms with E-state index in [1.807, 2.05) is 54.8 Å². The van der Waals surface area contributed by atoms with Gasteiger partial charge in [-0.15, -0.1) is 11.3 Å². The highest BCUT2D eigenvalue weighted by Crippen LogP contribution is 2.45. The van der Waals surface area contributed by atoms with Gasteiger partial charge < -0.3 is 14.6 Å². The Labute approximate surface area is 223 Å². The molecule has 1 unspecified atom stereocenters. The maximum Gasteiger partial charge on any atom is 0.300 e. The van der Waals surface area contributed by atoms with E-state index in [2.05, 4.69) is 0 Å². The van der Waals surface area contributed by atoms with Crippen molar-refractivity contribution in [3.63, 3.8) is 0 Å². The first-order valence-electron chi connectivity index (χ1n) is 11.6. The number of carbonyl (C=O) groups is 2. The van der Waals surface area contributed by atoms with Crippen molar-refractivity contribution < 1.29 is 24.2 Å². The van der Waals surface area contributed by atoms with E-state index in [0.29, 0.717) is 29.5 Å². The van der Waals surface area contributed by atoms with Gasteiger partial charge in [-0.1, -0.05) is 35.9 Å². The molecule has 186 valence electrons. The van der Waals surface area contributed by atoms with E-state index in [-0.39, 0.29) is 21.9 Å². The maximum absolute atomic E-state index is 13.3. The summed E-state index contributed by atoms with van der Waals surface area (Å²) >= 11 is 7.78. The smallest absolute Gasteiger partial charge is 0.300 e. The number of halogens is 1. The fraction of sp³-hybridized carbons (Fsp3) is 0.103. The first kappa shape index (κ1) is 24.6. The average molecular weight is 532 g/mol. The number of amides is 1. The van der Waals surface area contributed by atoms with Gasteiger partial charge in [0.15, 0.2) is 0 Å². The van der Waals surface area contributed by atoms with Crippen LogP contribution < -0.4 is 14.4 Å². The number of carbonyl (C=O) groups excluding carboxylic acids is 2. The van der Waals surface area contributed by atoms with Crippen LogP contribution in [0.25, 0.3) is 5.76 Å². The molecule has 0 bridgehead atoms. The van der Waals surface area contributed by atoms with Gasteiger partial charge in [0.1, 0.15) is 29.0 Å². The molecule has 0 saturated carbocycles. The number of benzene rings is 3. The first-order valence-corrected chi connectivity index (χ1v) is 12.8. The number of para-hydroxylation sites is 1. The van der Waals surface area contributed by atoms with Gasteiger partial charge in [-0.2, -0.15) is 0 Å². The Kier molecular flexibility index (Phi) is 6.99. The number of ether oxygens (including phenoxy) is 2. The summed E-state index contributed by atoms with van der Waals surface area (Å²) in [4.78, 5) is 28.8. The number of rotatable bonds is 7. The van der Waals surface area contributed by atoms with Crippen LogP contribution in [0.5, 0.6) is 17.2 Å². The third-order valence-electron chi connectivity index (χ3n) is 5.85. The van der Waals surface area contributed by atoms with E-state index in [0.717, 1.165) is 4.88 Å². The van der Waals surface area contributed by atoms with Gasteiger partial charge in [-0.25, -0.2) is 0 Å². The third-order valence-corrected chi connectivity index (χ3v) is 7.11. The van der Waals surface area contributed by atoms with Crippen molar-refractivity contribution in [2.75, 3.05) is 11.5 Å². The SMILES string of the molecule is CCOc1ccc(Cl)c(/C(O)=C2/C(=O)C(=O)N(c3ccc(Oc4ccccc4)cc3)C2c2cccs2)c1. The van der Waals surface area contributed by atoms with Crippen LogP contribution in [0.4, 0.5) is 5.69 Å². The summed E-state index contributed by atoms with van der Waals surface area (Å²) in [6.07, 6.45) is 0. The fourth-order valence-corrected chi connectivity index (χ4v) is 5.23. The van der Waals surface area contributed by atoms with E-state index in [9.17, 15) is 14.7 Å². The largest absolute Gasteiger partial charge is 0.507 e. The molecule has 1 aliphatic rings. The molecule has 3 aromatic carbocycles. The molecule has 4 aromatic rings. The number of thiophene rings is 1. The lowest BCUT2D eigenvalue weighted by molar-refractivity contribution is -0.132. The normalized spacial score (nSPS) is 16.7. The molecular formula is C29H22ClNO5S. The zero-order valence-electron chi connectivity index (χ0n) is 19.8. The van der Waals surface area contributed by atoms with Crippen LogP contribution in [0.3, 0.4) is 0 Å². The van der Waals surface area contributed by atoms with Crippen LogP contribution >= 0.6 is 22.9 Å². The summed E-state index contributed by atoms with van der Waals surface area (Å²) in [5.41, 5.74) is 0.681. The molecule has 6 nitrogen and oxygen atoms in total. The van der Waals surface area contributed by atoms with Crippen molar-refractivity contribution in [1.82, 2.24) is 0 Å². The second kappa shape index (κ2) is 10.5. The molecule has 2 heterocycles. The molecule has 1 amide bonds. The van der Waals surface area contributed by atoms with Crippen LogP contribution in [0.2, 0.25) is 5.02 Å². The quantitative estimate of drug-likeness (QED) is 0.155. The lowest BCUT2D eigenvalue weighted by Crippen LogP contribution is -2.29. The van der Waals surface area contributed by atoms with Crippen molar-refractivity contribution in [3.8, 4) is 17.2 Å². The van der Waals surface area contributed by atoms with Crippen LogP contribution in [0, 0.1) is 0 Å². The van der Waals surface area contributed by atoms with Crippen LogP contribution in [0.1, 0.15) is 23.4 Å². The van der Waals surface area contributed by atoms with Crippen molar-refractivity contribution >= 4 is 46.1 Å². The Hall–Kier alpha value is -4.07. The van der Waals surface area contributed by atoms with Crippen molar-refractivity contribution in [2.24, 2.45) is 0 Å². The second-order valence-corrected chi connectivity index (χ2v) is 9.55. The first-order chi connectivity index (χ1) is 18.0. The minimum absolute atomic E-state index is 0.0346. The number of aliphatic hydroxyl groups is 1. The van der Waals surface area contributed by atoms with Crippen LogP contribution in [0.15, 0.2) is 95.9 Å². The highest BCUT2D eigenvalue weighted by Gasteiger charge is 2.47. The summed E-state index contributed by atoms with van der Waals surface area (Å²) in [6.45, 7) is 2.26. The predicted molar refractivity (Wildman–Crippen MR) is 145 cm³/mol. The van der Waals surface area contributed by atoms with E-state index >= 15 is 0 Å². The Bertz CT molecular complexity index is 1470. The van der Waals surface area contributed by atoms with Gasteiger partial charge in [0.2, 0.25) is 0 Å². The van der Waals surface area contributed by atoms with E-state index in [1.165, 1.54) is 16.2 Å². The van der Waals surface area contributed by atoms with Crippen molar-refractivity contribution in [3.05, 3.63) is 111 Å². The third kappa shape index (κ3) is 4.83. The summed E-state index contributed by atoms with van der Waals surface area (Å²) in [5, 5.41) is 13.4. The molecule has 0 spiro atoms. The number of hydrogen-bond acceptors (Lipinski definition) is 6. The zero-order chi connectivity index (χ0) is 25.9. The number of Topliss-reactive ketones (excluding diaryl/α,β-unsaturated/α-hetero) is 1. The minimum Gasteiger partial charge on any atom is -0.507 e. The Morgan fingerprint density at radius 1 is 0.946 bits per heavy atom. The Morgan fingerprint density at radius 3 is 2.32 bits per heavy atom. The van der Waals surface area contributed by atoms with Gasteiger partial charge in [0, 0.05) is 16.1 Å². The number of ketones is 1. The number of aliphatic hydroxyl groups excluding tert-OH is 1. The van der Waals surface area contributed by atoms with Gasteiger partial charge in [0.25, 0.3) is 11.7 Å². The van der Waals surface area contributed by atoms with Gasteiger partial charge in [-0.05, 0) is 73.0 Å². The highest BCUT2D eigenvalue weighted by atomic mass is 35.5. The molecule has 0 radical (unpaired) electrons. The van der Waals surface area contributed by atoms with Gasteiger partial charge in [0.05, 0.1) is 17.2 Å². The number of hydrogen-bond donors (Lipinski definition) is 1. The van der Waals surface area contributed by atoms with Gasteiger partial charge >= 0.3 is 0 Å². The average Bonchev–Trinajstić information content (AvgIpc) is 3.53. The van der Waals surface area contributed by atoms with Gasteiger partial charge in [-0.3, -0.25) is 14.5 Å². The van der Waals surface area contributed by atoms with Crippen LogP contribution in [-0.4, -0.2) is 23.4 Å². The summed E-state index contributed by atoms with van der Waals surface area (Å²) in [5.74, 6) is -0.134. The molecular weight excluding hydrogens is 510 g/mol. The van der Waals surface area contributed by atoms with Crippen LogP contribution in [-0.2, 0) is 9.59 Å². The molecule has 1 aromatic heterocycles. The lowest BCUT2D eigenvalue weighted by Gasteiger charge is -2.24. The molecule has 1 fully saturated rings. The van der Waals surface area contributed by atoms with E-state index in [1.54, 1.807) is 42.5 Å².